The fourth-order valence-electron chi connectivity index (χ4n) is 2.47. The highest BCUT2D eigenvalue weighted by atomic mass is 32.2. The molecule has 0 spiro atoms. The van der Waals surface area contributed by atoms with Gasteiger partial charge in [0.15, 0.2) is 5.12 Å². The summed E-state index contributed by atoms with van der Waals surface area (Å²) in [6.45, 7) is 9.29. The fourth-order valence-corrected chi connectivity index (χ4v) is 3.06. The van der Waals surface area contributed by atoms with E-state index in [1.54, 1.807) is 18.2 Å². The predicted molar refractivity (Wildman–Crippen MR) is 107 cm³/mol. The number of aromatic hydroxyl groups is 1. The lowest BCUT2D eigenvalue weighted by Gasteiger charge is -2.32. The molecule has 1 fully saturated rings. The van der Waals surface area contributed by atoms with Crippen LogP contribution >= 0.6 is 11.8 Å². The molecule has 1 aromatic carbocycles. The molecular weight excluding hydrogens is 367 g/mol. The van der Waals surface area contributed by atoms with Crippen LogP contribution in [-0.2, 0) is 18.8 Å². The van der Waals surface area contributed by atoms with Gasteiger partial charge in [-0.05, 0) is 45.3 Å². The van der Waals surface area contributed by atoms with E-state index in [0.29, 0.717) is 11.3 Å². The summed E-state index contributed by atoms with van der Waals surface area (Å²) < 4.78 is 16.8. The van der Waals surface area contributed by atoms with E-state index in [9.17, 15) is 14.7 Å². The number of phenols is 1. The largest absolute Gasteiger partial charge is 0.507 e. The Balaban J connectivity index is 2.37. The lowest BCUT2D eigenvalue weighted by molar-refractivity contribution is -0.109. The van der Waals surface area contributed by atoms with Gasteiger partial charge in [0.2, 0.25) is 0 Å². The van der Waals surface area contributed by atoms with Gasteiger partial charge in [-0.2, -0.15) is 0 Å². The Bertz CT molecular complexity index is 755. The molecule has 0 aliphatic carbocycles. The van der Waals surface area contributed by atoms with Gasteiger partial charge in [0.25, 0.3) is 0 Å². The molecule has 0 aromatic heterocycles. The second-order valence-corrected chi connectivity index (χ2v) is 8.51. The topological polar surface area (TPSA) is 82.1 Å². The first-order valence-electron chi connectivity index (χ1n) is 8.57. The van der Waals surface area contributed by atoms with Crippen LogP contribution in [-0.4, -0.2) is 47.4 Å². The van der Waals surface area contributed by atoms with Crippen molar-refractivity contribution in [3.8, 4) is 5.75 Å². The Labute approximate surface area is 164 Å². The molecule has 1 heterocycles. The molecule has 27 heavy (non-hydrogen) atoms. The van der Waals surface area contributed by atoms with E-state index in [1.165, 1.54) is 20.1 Å². The molecule has 1 aliphatic heterocycles. The number of hydrogen-bond acceptors (Lipinski definition) is 7. The molecular formula is C19H25BO6S. The van der Waals surface area contributed by atoms with Crippen molar-refractivity contribution < 1.29 is 28.7 Å². The van der Waals surface area contributed by atoms with E-state index >= 15 is 0 Å². The molecule has 0 amide bonds. The number of carbonyl (C=O) groups is 2. The standard InChI is InChI=1S/C19H25BO6S/c1-12(21)27-11-15(20-25-18(2,3)19(4,5)26-20)9-13-7-8-14(10-16(13)22)17(23)24-6/h7-10,22H,11H2,1-6H3. The van der Waals surface area contributed by atoms with Crippen LogP contribution in [0, 0.1) is 0 Å². The zero-order valence-corrected chi connectivity index (χ0v) is 17.3. The number of ether oxygens (including phenoxy) is 1. The monoisotopic (exact) mass is 392 g/mol. The Hall–Kier alpha value is -1.77. The van der Waals surface area contributed by atoms with Crippen molar-refractivity contribution in [2.75, 3.05) is 12.9 Å². The smallest absolute Gasteiger partial charge is 0.491 e. The van der Waals surface area contributed by atoms with Gasteiger partial charge in [-0.25, -0.2) is 4.79 Å². The Morgan fingerprint density at radius 3 is 2.30 bits per heavy atom. The maximum atomic E-state index is 11.6. The molecule has 0 radical (unpaired) electrons. The number of benzene rings is 1. The average Bonchev–Trinajstić information content (AvgIpc) is 2.79. The number of rotatable bonds is 5. The first-order valence-corrected chi connectivity index (χ1v) is 9.56. The first-order chi connectivity index (χ1) is 12.5. The van der Waals surface area contributed by atoms with Crippen molar-refractivity contribution in [2.45, 2.75) is 45.8 Å². The van der Waals surface area contributed by atoms with Gasteiger partial charge in [0.1, 0.15) is 5.75 Å². The van der Waals surface area contributed by atoms with Gasteiger partial charge in [-0.15, -0.1) is 0 Å². The molecule has 8 heteroatoms. The number of esters is 1. The normalized spacial score (nSPS) is 18.4. The van der Waals surface area contributed by atoms with E-state index in [4.69, 9.17) is 9.31 Å². The third-order valence-corrected chi connectivity index (χ3v) is 5.67. The minimum Gasteiger partial charge on any atom is -0.507 e. The molecule has 6 nitrogen and oxygen atoms in total. The summed E-state index contributed by atoms with van der Waals surface area (Å²) in [4.78, 5) is 23.0. The van der Waals surface area contributed by atoms with Gasteiger partial charge < -0.3 is 19.2 Å². The van der Waals surface area contributed by atoms with E-state index in [1.807, 2.05) is 27.7 Å². The average molecular weight is 392 g/mol. The van der Waals surface area contributed by atoms with Crippen LogP contribution in [0.15, 0.2) is 23.7 Å². The van der Waals surface area contributed by atoms with E-state index in [0.717, 1.165) is 17.2 Å². The van der Waals surface area contributed by atoms with Crippen molar-refractivity contribution in [1.82, 2.24) is 0 Å². The molecule has 2 rings (SSSR count). The predicted octanol–water partition coefficient (Wildman–Crippen LogP) is 3.47. The van der Waals surface area contributed by atoms with E-state index in [2.05, 4.69) is 4.74 Å². The molecule has 0 saturated carbocycles. The van der Waals surface area contributed by atoms with Crippen LogP contribution in [0.5, 0.6) is 5.75 Å². The van der Waals surface area contributed by atoms with Crippen molar-refractivity contribution in [3.63, 3.8) is 0 Å². The van der Waals surface area contributed by atoms with Crippen LogP contribution in [0.25, 0.3) is 6.08 Å². The zero-order valence-electron chi connectivity index (χ0n) is 16.5. The summed E-state index contributed by atoms with van der Waals surface area (Å²) in [5, 5.41) is 10.3. The Morgan fingerprint density at radius 1 is 1.22 bits per heavy atom. The lowest BCUT2D eigenvalue weighted by atomic mass is 9.78. The number of carbonyl (C=O) groups excluding carboxylic acids is 2. The summed E-state index contributed by atoms with van der Waals surface area (Å²) in [5.74, 6) is -0.233. The molecule has 146 valence electrons. The Kier molecular flexibility index (Phi) is 6.45. The number of phenolic OH excluding ortho intramolecular Hbond substituents is 1. The molecule has 1 N–H and O–H groups in total. The van der Waals surface area contributed by atoms with Crippen molar-refractivity contribution >= 4 is 36.0 Å². The highest BCUT2D eigenvalue weighted by Gasteiger charge is 2.52. The molecule has 0 bridgehead atoms. The second-order valence-electron chi connectivity index (χ2n) is 7.35. The van der Waals surface area contributed by atoms with E-state index in [-0.39, 0.29) is 16.4 Å². The number of thioether (sulfide) groups is 1. The van der Waals surface area contributed by atoms with Gasteiger partial charge in [0, 0.05) is 18.2 Å². The van der Waals surface area contributed by atoms with Crippen LogP contribution in [0.1, 0.15) is 50.5 Å². The van der Waals surface area contributed by atoms with Crippen LogP contribution in [0.4, 0.5) is 0 Å². The second kappa shape index (κ2) is 8.08. The maximum Gasteiger partial charge on any atom is 0.491 e. The number of methoxy groups -OCH3 is 1. The highest BCUT2D eigenvalue weighted by Crippen LogP contribution is 2.39. The van der Waals surface area contributed by atoms with Gasteiger partial charge >= 0.3 is 13.1 Å². The van der Waals surface area contributed by atoms with Crippen LogP contribution < -0.4 is 0 Å². The van der Waals surface area contributed by atoms with E-state index < -0.39 is 24.3 Å². The minimum atomic E-state index is -0.637. The number of hydrogen-bond donors (Lipinski definition) is 1. The highest BCUT2D eigenvalue weighted by molar-refractivity contribution is 8.13. The molecule has 1 aromatic rings. The van der Waals surface area contributed by atoms with Gasteiger partial charge in [-0.3, -0.25) is 4.79 Å². The lowest BCUT2D eigenvalue weighted by Crippen LogP contribution is -2.41. The molecule has 1 saturated heterocycles. The van der Waals surface area contributed by atoms with Crippen molar-refractivity contribution in [2.24, 2.45) is 0 Å². The maximum absolute atomic E-state index is 11.6. The SMILES string of the molecule is COC(=O)c1ccc(C=C(CSC(C)=O)B2OC(C)(C)C(C)(C)O2)c(O)c1. The summed E-state index contributed by atoms with van der Waals surface area (Å²) in [6, 6.07) is 4.53. The molecule has 0 atom stereocenters. The first kappa shape index (κ1) is 21.5. The van der Waals surface area contributed by atoms with Gasteiger partial charge in [-0.1, -0.05) is 23.9 Å². The zero-order chi connectivity index (χ0) is 20.4. The van der Waals surface area contributed by atoms with Crippen LogP contribution in [0.3, 0.4) is 0 Å². The van der Waals surface area contributed by atoms with Gasteiger partial charge in [0.05, 0.1) is 23.9 Å². The minimum absolute atomic E-state index is 0.0253. The fraction of sp³-hybridized carbons (Fsp3) is 0.474. The van der Waals surface area contributed by atoms with Crippen LogP contribution in [0.2, 0.25) is 0 Å². The summed E-state index contributed by atoms with van der Waals surface area (Å²) in [5.41, 5.74) is 0.428. The Morgan fingerprint density at radius 2 is 1.81 bits per heavy atom. The summed E-state index contributed by atoms with van der Waals surface area (Å²) >= 11 is 1.14. The van der Waals surface area contributed by atoms with Crippen molar-refractivity contribution in [1.29, 1.82) is 0 Å². The van der Waals surface area contributed by atoms with Crippen molar-refractivity contribution in [3.05, 3.63) is 34.8 Å². The molecule has 0 unspecified atom stereocenters. The quantitative estimate of drug-likeness (QED) is 0.607. The molecule has 1 aliphatic rings. The third-order valence-electron chi connectivity index (χ3n) is 4.79. The summed E-state index contributed by atoms with van der Waals surface area (Å²) in [6.07, 6.45) is 1.73. The summed E-state index contributed by atoms with van der Waals surface area (Å²) in [7, 11) is 0.643. The third kappa shape index (κ3) is 4.94.